The van der Waals surface area contributed by atoms with Gasteiger partial charge < -0.3 is 9.47 Å². The number of hydrogen-bond acceptors (Lipinski definition) is 3. The molecule has 2 aromatic heterocycles. The Labute approximate surface area is 163 Å². The Bertz CT molecular complexity index is 1070. The van der Waals surface area contributed by atoms with Crippen LogP contribution in [0.2, 0.25) is 5.02 Å². The molecule has 1 spiro atoms. The first kappa shape index (κ1) is 18.0. The fourth-order valence-corrected chi connectivity index (χ4v) is 4.47. The molecule has 1 fully saturated rings. The summed E-state index contributed by atoms with van der Waals surface area (Å²) in [5.74, 6) is -0.310. The predicted octanol–water partition coefficient (Wildman–Crippen LogP) is 4.93. The van der Waals surface area contributed by atoms with Crippen molar-refractivity contribution in [2.45, 2.75) is 31.2 Å². The monoisotopic (exact) mass is 408 g/mol. The van der Waals surface area contributed by atoms with Crippen molar-refractivity contribution in [2.24, 2.45) is 0 Å². The number of rotatable bonds is 1. The van der Waals surface area contributed by atoms with Gasteiger partial charge in [-0.3, -0.25) is 4.57 Å². The summed E-state index contributed by atoms with van der Waals surface area (Å²) in [5, 5.41) is 0.973. The summed E-state index contributed by atoms with van der Waals surface area (Å²) >= 11 is 6.26. The largest absolute Gasteiger partial charge is 0.417 e. The predicted molar refractivity (Wildman–Crippen MR) is 97.7 cm³/mol. The summed E-state index contributed by atoms with van der Waals surface area (Å²) < 4.78 is 52.6. The van der Waals surface area contributed by atoms with Crippen molar-refractivity contribution >= 4 is 22.5 Å². The van der Waals surface area contributed by atoms with E-state index in [1.54, 1.807) is 0 Å². The van der Waals surface area contributed by atoms with Gasteiger partial charge in [0.1, 0.15) is 0 Å². The molecule has 28 heavy (non-hydrogen) atoms. The van der Waals surface area contributed by atoms with Crippen molar-refractivity contribution < 1.29 is 22.6 Å². The number of alkyl halides is 3. The molecular weight excluding hydrogens is 393 g/mol. The Morgan fingerprint density at radius 1 is 1.14 bits per heavy atom. The SMILES string of the molecule is FC(F)(F)c1cnc(-n2c3c(c4ccccc42)CC2(CC3)OCCO2)c(Cl)c1. The van der Waals surface area contributed by atoms with Crippen LogP contribution in [0.15, 0.2) is 36.5 Å². The summed E-state index contributed by atoms with van der Waals surface area (Å²) in [7, 11) is 0. The van der Waals surface area contributed by atoms with Crippen LogP contribution in [0.4, 0.5) is 13.2 Å². The lowest BCUT2D eigenvalue weighted by atomic mass is 9.90. The first-order valence-electron chi connectivity index (χ1n) is 9.00. The van der Waals surface area contributed by atoms with Crippen molar-refractivity contribution in [3.63, 3.8) is 0 Å². The fraction of sp³-hybridized carbons (Fsp3) is 0.350. The molecule has 2 aliphatic rings. The van der Waals surface area contributed by atoms with E-state index in [1.807, 2.05) is 28.8 Å². The normalized spacial score (nSPS) is 18.7. The van der Waals surface area contributed by atoms with Gasteiger partial charge in [0.25, 0.3) is 0 Å². The van der Waals surface area contributed by atoms with Gasteiger partial charge in [-0.05, 0) is 24.1 Å². The third kappa shape index (κ3) is 2.72. The van der Waals surface area contributed by atoms with E-state index in [-0.39, 0.29) is 5.02 Å². The number of halogens is 4. The van der Waals surface area contributed by atoms with Crippen LogP contribution in [0.1, 0.15) is 23.2 Å². The van der Waals surface area contributed by atoms with Gasteiger partial charge in [-0.2, -0.15) is 13.2 Å². The van der Waals surface area contributed by atoms with E-state index in [1.165, 1.54) is 0 Å². The van der Waals surface area contributed by atoms with E-state index in [9.17, 15) is 13.2 Å². The number of para-hydroxylation sites is 1. The summed E-state index contributed by atoms with van der Waals surface area (Å²) in [6.45, 7) is 1.14. The lowest BCUT2D eigenvalue weighted by Gasteiger charge is -2.32. The van der Waals surface area contributed by atoms with Crippen molar-refractivity contribution in [1.29, 1.82) is 0 Å². The van der Waals surface area contributed by atoms with Gasteiger partial charge in [-0.25, -0.2) is 4.98 Å². The van der Waals surface area contributed by atoms with Crippen molar-refractivity contribution in [1.82, 2.24) is 9.55 Å². The number of pyridine rings is 1. The van der Waals surface area contributed by atoms with Gasteiger partial charge in [0.15, 0.2) is 11.6 Å². The van der Waals surface area contributed by atoms with Crippen LogP contribution in [0.5, 0.6) is 0 Å². The highest BCUT2D eigenvalue weighted by molar-refractivity contribution is 6.32. The molecule has 0 atom stereocenters. The molecule has 1 saturated heterocycles. The first-order valence-corrected chi connectivity index (χ1v) is 9.38. The zero-order valence-electron chi connectivity index (χ0n) is 14.7. The fourth-order valence-electron chi connectivity index (χ4n) is 4.22. The maximum absolute atomic E-state index is 13.0. The Balaban J connectivity index is 1.70. The second kappa shape index (κ2) is 6.20. The highest BCUT2D eigenvalue weighted by atomic mass is 35.5. The molecule has 0 bridgehead atoms. The minimum Gasteiger partial charge on any atom is -0.347 e. The molecule has 8 heteroatoms. The van der Waals surface area contributed by atoms with Gasteiger partial charge in [0, 0.05) is 30.1 Å². The van der Waals surface area contributed by atoms with Gasteiger partial charge in [0.05, 0.1) is 29.3 Å². The second-order valence-electron chi connectivity index (χ2n) is 7.09. The highest BCUT2D eigenvalue weighted by Gasteiger charge is 2.42. The van der Waals surface area contributed by atoms with Crippen LogP contribution in [0, 0.1) is 0 Å². The molecule has 5 rings (SSSR count). The van der Waals surface area contributed by atoms with Crippen molar-refractivity contribution in [2.75, 3.05) is 13.2 Å². The minimum atomic E-state index is -4.49. The van der Waals surface area contributed by atoms with E-state index in [4.69, 9.17) is 21.1 Å². The molecule has 0 unspecified atom stereocenters. The Kier molecular flexibility index (Phi) is 3.98. The maximum atomic E-state index is 13.0. The molecular formula is C20H16ClF3N2O2. The van der Waals surface area contributed by atoms with E-state index in [0.717, 1.165) is 34.4 Å². The van der Waals surface area contributed by atoms with Crippen molar-refractivity contribution in [3.8, 4) is 5.82 Å². The van der Waals surface area contributed by atoms with Gasteiger partial charge in [0.2, 0.25) is 0 Å². The number of fused-ring (bicyclic) bond motifs is 3. The summed E-state index contributed by atoms with van der Waals surface area (Å²) in [4.78, 5) is 4.08. The Morgan fingerprint density at radius 2 is 1.89 bits per heavy atom. The van der Waals surface area contributed by atoms with E-state index in [0.29, 0.717) is 38.3 Å². The van der Waals surface area contributed by atoms with Crippen LogP contribution in [-0.2, 0) is 28.5 Å². The highest BCUT2D eigenvalue weighted by Crippen LogP contribution is 2.42. The second-order valence-corrected chi connectivity index (χ2v) is 7.50. The van der Waals surface area contributed by atoms with Crippen LogP contribution in [0.25, 0.3) is 16.7 Å². The summed E-state index contributed by atoms with van der Waals surface area (Å²) in [6.07, 6.45) is -1.74. The Hall–Kier alpha value is -2.09. The molecule has 0 radical (unpaired) electrons. The smallest absolute Gasteiger partial charge is 0.347 e. The third-order valence-corrected chi connectivity index (χ3v) is 5.73. The average Bonchev–Trinajstić information content (AvgIpc) is 3.24. The molecule has 3 aromatic rings. The number of benzene rings is 1. The van der Waals surface area contributed by atoms with Gasteiger partial charge in [-0.15, -0.1) is 0 Å². The molecule has 0 saturated carbocycles. The van der Waals surface area contributed by atoms with Crippen LogP contribution in [-0.4, -0.2) is 28.6 Å². The molecule has 1 aromatic carbocycles. The van der Waals surface area contributed by atoms with E-state index >= 15 is 0 Å². The molecule has 1 aliphatic carbocycles. The molecule has 3 heterocycles. The zero-order chi connectivity index (χ0) is 19.5. The van der Waals surface area contributed by atoms with Gasteiger partial charge in [-0.1, -0.05) is 29.8 Å². The number of ether oxygens (including phenoxy) is 2. The molecule has 4 nitrogen and oxygen atoms in total. The number of nitrogens with zero attached hydrogens (tertiary/aromatic N) is 2. The van der Waals surface area contributed by atoms with Crippen LogP contribution in [0.3, 0.4) is 0 Å². The topological polar surface area (TPSA) is 36.3 Å². The Morgan fingerprint density at radius 3 is 2.61 bits per heavy atom. The molecule has 1 aliphatic heterocycles. The minimum absolute atomic E-state index is 0.0352. The van der Waals surface area contributed by atoms with E-state index in [2.05, 4.69) is 4.98 Å². The maximum Gasteiger partial charge on any atom is 0.417 e. The lowest BCUT2D eigenvalue weighted by molar-refractivity contribution is -0.163. The van der Waals surface area contributed by atoms with Crippen molar-refractivity contribution in [3.05, 3.63) is 58.4 Å². The first-order chi connectivity index (χ1) is 13.4. The number of aromatic nitrogens is 2. The molecule has 0 amide bonds. The average molecular weight is 409 g/mol. The standard InChI is InChI=1S/C20H16ClF3N2O2/c21-15-9-12(20(22,23)24)11-25-18(15)26-16-4-2-1-3-13(16)14-10-19(6-5-17(14)26)27-7-8-28-19/h1-4,9,11H,5-8,10H2. The van der Waals surface area contributed by atoms with Crippen LogP contribution >= 0.6 is 11.6 Å². The summed E-state index contributed by atoms with van der Waals surface area (Å²) in [6, 6.07) is 8.68. The third-order valence-electron chi connectivity index (χ3n) is 5.45. The van der Waals surface area contributed by atoms with E-state index < -0.39 is 17.5 Å². The zero-order valence-corrected chi connectivity index (χ0v) is 15.5. The summed E-state index contributed by atoms with van der Waals surface area (Å²) in [5.41, 5.74) is 2.05. The molecule has 146 valence electrons. The molecule has 0 N–H and O–H groups in total. The lowest BCUT2D eigenvalue weighted by Crippen LogP contribution is -2.37. The quantitative estimate of drug-likeness (QED) is 0.573. The number of hydrogen-bond donors (Lipinski definition) is 0. The van der Waals surface area contributed by atoms with Gasteiger partial charge >= 0.3 is 6.18 Å². The van der Waals surface area contributed by atoms with Crippen LogP contribution < -0.4 is 0 Å².